The van der Waals surface area contributed by atoms with Crippen molar-refractivity contribution < 1.29 is 18.7 Å². The van der Waals surface area contributed by atoms with Gasteiger partial charge in [0.15, 0.2) is 0 Å². The summed E-state index contributed by atoms with van der Waals surface area (Å²) < 4.78 is 18.6. The zero-order valence-electron chi connectivity index (χ0n) is 12.8. The van der Waals surface area contributed by atoms with Crippen molar-refractivity contribution in [1.29, 1.82) is 0 Å². The number of carbonyl (C=O) groups excluding carboxylic acids is 2. The first-order valence-electron chi connectivity index (χ1n) is 7.70. The van der Waals surface area contributed by atoms with Crippen molar-refractivity contribution in [2.45, 2.75) is 12.6 Å². The van der Waals surface area contributed by atoms with E-state index < -0.39 is 0 Å². The van der Waals surface area contributed by atoms with Crippen molar-refractivity contribution in [1.82, 2.24) is 9.80 Å². The number of nitrogens with zero attached hydrogens (tertiary/aromatic N) is 2. The molecule has 2 aliphatic heterocycles. The summed E-state index contributed by atoms with van der Waals surface area (Å²) in [5.74, 6) is 0.136. The van der Waals surface area contributed by atoms with Gasteiger partial charge in [-0.1, -0.05) is 30.3 Å². The largest absolute Gasteiger partial charge is 0.491 e. The van der Waals surface area contributed by atoms with E-state index in [1.54, 1.807) is 12.1 Å². The van der Waals surface area contributed by atoms with E-state index >= 15 is 0 Å². The van der Waals surface area contributed by atoms with Gasteiger partial charge in [-0.15, -0.1) is 0 Å². The van der Waals surface area contributed by atoms with Gasteiger partial charge in [0.1, 0.15) is 30.8 Å². The Bertz CT molecular complexity index is 806. The smallest absolute Gasteiger partial charge is 0.328 e. The van der Waals surface area contributed by atoms with Gasteiger partial charge in [-0.3, -0.25) is 9.69 Å². The average Bonchev–Trinajstić information content (AvgIpc) is 3.11. The fourth-order valence-corrected chi connectivity index (χ4v) is 3.17. The molecule has 1 unspecified atom stereocenters. The third kappa shape index (κ3) is 2.40. The summed E-state index contributed by atoms with van der Waals surface area (Å²) in [6.07, 6.45) is 0. The van der Waals surface area contributed by atoms with Crippen molar-refractivity contribution in [2.75, 3.05) is 13.2 Å². The third-order valence-electron chi connectivity index (χ3n) is 4.34. The molecule has 3 amide bonds. The molecule has 0 spiro atoms. The molecule has 4 rings (SSSR count). The van der Waals surface area contributed by atoms with Crippen LogP contribution in [0.2, 0.25) is 0 Å². The van der Waals surface area contributed by atoms with Gasteiger partial charge in [0.25, 0.3) is 5.91 Å². The Morgan fingerprint density at radius 1 is 1.08 bits per heavy atom. The zero-order valence-corrected chi connectivity index (χ0v) is 12.8. The van der Waals surface area contributed by atoms with E-state index in [0.717, 1.165) is 11.1 Å². The topological polar surface area (TPSA) is 49.9 Å². The van der Waals surface area contributed by atoms with Gasteiger partial charge in [-0.05, 0) is 23.8 Å². The van der Waals surface area contributed by atoms with Gasteiger partial charge in [0.05, 0.1) is 0 Å². The molecule has 0 bridgehead atoms. The maximum atomic E-state index is 13.0. The number of para-hydroxylation sites is 1. The van der Waals surface area contributed by atoms with E-state index in [2.05, 4.69) is 0 Å². The summed E-state index contributed by atoms with van der Waals surface area (Å²) >= 11 is 0. The summed E-state index contributed by atoms with van der Waals surface area (Å²) in [6, 6.07) is 12.6. The van der Waals surface area contributed by atoms with E-state index in [4.69, 9.17) is 4.74 Å². The van der Waals surface area contributed by atoms with Gasteiger partial charge in [0, 0.05) is 12.1 Å². The van der Waals surface area contributed by atoms with Crippen molar-refractivity contribution in [2.24, 2.45) is 0 Å². The van der Waals surface area contributed by atoms with Gasteiger partial charge >= 0.3 is 6.03 Å². The molecule has 24 heavy (non-hydrogen) atoms. The lowest BCUT2D eigenvalue weighted by Gasteiger charge is -2.22. The second-order valence-corrected chi connectivity index (χ2v) is 5.89. The first-order valence-corrected chi connectivity index (χ1v) is 7.70. The molecule has 6 heteroatoms. The van der Waals surface area contributed by atoms with Crippen LogP contribution in [0.15, 0.2) is 48.5 Å². The number of amides is 3. The van der Waals surface area contributed by atoms with Crippen LogP contribution in [0, 0.1) is 5.82 Å². The van der Waals surface area contributed by atoms with Gasteiger partial charge in [0.2, 0.25) is 0 Å². The summed E-state index contributed by atoms with van der Waals surface area (Å²) in [7, 11) is 0. The molecule has 1 saturated heterocycles. The molecule has 5 nitrogen and oxygen atoms in total. The van der Waals surface area contributed by atoms with Crippen LogP contribution in [-0.2, 0) is 11.3 Å². The minimum Gasteiger partial charge on any atom is -0.491 e. The van der Waals surface area contributed by atoms with Crippen LogP contribution in [0.5, 0.6) is 5.75 Å². The average molecular weight is 326 g/mol. The number of benzene rings is 2. The van der Waals surface area contributed by atoms with Gasteiger partial charge < -0.3 is 9.64 Å². The standard InChI is InChI=1S/C18H15FN2O3/c19-13-7-5-12(6-8-13)9-20-10-17(22)21(18(20)23)15-11-24-16-4-2-1-3-14(15)16/h1-8,15H,9-11H2. The van der Waals surface area contributed by atoms with Crippen LogP contribution < -0.4 is 4.74 Å². The molecule has 0 aliphatic carbocycles. The van der Waals surface area contributed by atoms with E-state index in [-0.39, 0.29) is 43.5 Å². The normalized spacial score (nSPS) is 19.6. The number of urea groups is 1. The molecular weight excluding hydrogens is 311 g/mol. The summed E-state index contributed by atoms with van der Waals surface area (Å²) in [5.41, 5.74) is 1.63. The van der Waals surface area contributed by atoms with Crippen molar-refractivity contribution in [3.05, 3.63) is 65.5 Å². The molecule has 2 heterocycles. The molecule has 122 valence electrons. The van der Waals surface area contributed by atoms with Gasteiger partial charge in [-0.2, -0.15) is 0 Å². The minimum absolute atomic E-state index is 0.0227. The summed E-state index contributed by atoms with van der Waals surface area (Å²) in [6.45, 7) is 0.576. The molecule has 2 aromatic rings. The van der Waals surface area contributed by atoms with Crippen molar-refractivity contribution in [3.8, 4) is 5.75 Å². The van der Waals surface area contributed by atoms with E-state index in [1.165, 1.54) is 21.9 Å². The maximum Gasteiger partial charge on any atom is 0.328 e. The highest BCUT2D eigenvalue weighted by Gasteiger charge is 2.43. The van der Waals surface area contributed by atoms with Crippen LogP contribution in [0.4, 0.5) is 9.18 Å². The Kier molecular flexibility index (Phi) is 3.45. The highest BCUT2D eigenvalue weighted by Crippen LogP contribution is 2.37. The zero-order chi connectivity index (χ0) is 16.7. The highest BCUT2D eigenvalue weighted by atomic mass is 19.1. The first kappa shape index (κ1) is 14.7. The van der Waals surface area contributed by atoms with E-state index in [9.17, 15) is 14.0 Å². The van der Waals surface area contributed by atoms with Gasteiger partial charge in [-0.25, -0.2) is 9.18 Å². The lowest BCUT2D eigenvalue weighted by molar-refractivity contribution is -0.127. The number of imide groups is 1. The number of fused-ring (bicyclic) bond motifs is 1. The molecule has 2 aromatic carbocycles. The molecule has 0 saturated carbocycles. The predicted octanol–water partition coefficient (Wildman–Crippen LogP) is 2.72. The Morgan fingerprint density at radius 3 is 2.62 bits per heavy atom. The minimum atomic E-state index is -0.389. The number of hydrogen-bond donors (Lipinski definition) is 0. The third-order valence-corrected chi connectivity index (χ3v) is 4.34. The summed E-state index contributed by atoms with van der Waals surface area (Å²) in [4.78, 5) is 27.8. The fraction of sp³-hybridized carbons (Fsp3) is 0.222. The van der Waals surface area contributed by atoms with Crippen LogP contribution in [0.1, 0.15) is 17.2 Å². The highest BCUT2D eigenvalue weighted by molar-refractivity contribution is 6.02. The lowest BCUT2D eigenvalue weighted by atomic mass is 10.1. The number of ether oxygens (including phenoxy) is 1. The molecule has 1 atom stereocenters. The molecule has 2 aliphatic rings. The SMILES string of the molecule is O=C1CN(Cc2ccc(F)cc2)C(=O)N1C1COc2ccccc21. The molecule has 0 aromatic heterocycles. The Labute approximate surface area is 138 Å². The van der Waals surface area contributed by atoms with Crippen molar-refractivity contribution in [3.63, 3.8) is 0 Å². The van der Waals surface area contributed by atoms with Crippen LogP contribution in [0.3, 0.4) is 0 Å². The van der Waals surface area contributed by atoms with Crippen LogP contribution in [0.25, 0.3) is 0 Å². The number of halogens is 1. The molecule has 1 fully saturated rings. The monoisotopic (exact) mass is 326 g/mol. The second kappa shape index (κ2) is 5.63. The van der Waals surface area contributed by atoms with Crippen molar-refractivity contribution >= 4 is 11.9 Å². The first-order chi connectivity index (χ1) is 11.6. The summed E-state index contributed by atoms with van der Waals surface area (Å²) in [5, 5.41) is 0. The quantitative estimate of drug-likeness (QED) is 0.815. The Hall–Kier alpha value is -2.89. The molecule has 0 radical (unpaired) electrons. The fourth-order valence-electron chi connectivity index (χ4n) is 3.17. The lowest BCUT2D eigenvalue weighted by Crippen LogP contribution is -2.36. The predicted molar refractivity (Wildman–Crippen MR) is 83.7 cm³/mol. The Morgan fingerprint density at radius 2 is 1.83 bits per heavy atom. The number of rotatable bonds is 3. The number of hydrogen-bond acceptors (Lipinski definition) is 3. The molecular formula is C18H15FN2O3. The van der Waals surface area contributed by atoms with E-state index in [0.29, 0.717) is 5.75 Å². The van der Waals surface area contributed by atoms with Crippen LogP contribution in [-0.4, -0.2) is 34.9 Å². The maximum absolute atomic E-state index is 13.0. The van der Waals surface area contributed by atoms with E-state index in [1.807, 2.05) is 24.3 Å². The second-order valence-electron chi connectivity index (χ2n) is 5.89. The molecule has 0 N–H and O–H groups in total. The Balaban J connectivity index is 1.55. The number of carbonyl (C=O) groups is 2. The van der Waals surface area contributed by atoms with Crippen LogP contribution >= 0.6 is 0 Å².